The molecule has 0 bridgehead atoms. The van der Waals surface area contributed by atoms with Gasteiger partial charge in [0.1, 0.15) is 6.04 Å². The Balaban J connectivity index is 1.76. The first kappa shape index (κ1) is 14.3. The first-order valence-electron chi connectivity index (χ1n) is 6.56. The second-order valence-corrected chi connectivity index (χ2v) is 4.86. The van der Waals surface area contributed by atoms with E-state index >= 15 is 0 Å². The Kier molecular flexibility index (Phi) is 4.57. The van der Waals surface area contributed by atoms with Crippen LogP contribution >= 0.6 is 0 Å². The summed E-state index contributed by atoms with van der Waals surface area (Å²) in [4.78, 5) is 28.1. The van der Waals surface area contributed by atoms with Crippen LogP contribution in [-0.2, 0) is 4.79 Å². The van der Waals surface area contributed by atoms with E-state index in [1.165, 1.54) is 0 Å². The van der Waals surface area contributed by atoms with Crippen molar-refractivity contribution in [2.75, 3.05) is 19.6 Å². The summed E-state index contributed by atoms with van der Waals surface area (Å²) in [6, 6.07) is -0.962. The average Bonchev–Trinajstić information content (AvgIpc) is 2.98. The summed E-state index contributed by atoms with van der Waals surface area (Å²) < 4.78 is 2.05. The number of carbonyl (C=O) groups is 2. The Morgan fingerprint density at radius 2 is 2.15 bits per heavy atom. The maximum absolute atomic E-state index is 11.9. The topological polar surface area (TPSA) is 113 Å². The number of aliphatic carboxylic acids is 1. The molecule has 20 heavy (non-hydrogen) atoms. The van der Waals surface area contributed by atoms with Gasteiger partial charge < -0.3 is 25.6 Å². The van der Waals surface area contributed by atoms with E-state index in [4.69, 9.17) is 10.8 Å². The van der Waals surface area contributed by atoms with Crippen molar-refractivity contribution in [1.82, 2.24) is 19.8 Å². The van der Waals surface area contributed by atoms with Gasteiger partial charge in [-0.1, -0.05) is 0 Å². The minimum Gasteiger partial charge on any atom is -0.480 e. The van der Waals surface area contributed by atoms with Crippen LogP contribution in [0.4, 0.5) is 4.79 Å². The summed E-state index contributed by atoms with van der Waals surface area (Å²) >= 11 is 0. The molecule has 0 aromatic carbocycles. The summed E-state index contributed by atoms with van der Waals surface area (Å²) in [6.07, 6.45) is 7.16. The standard InChI is InChI=1S/C12H19N5O3/c13-10(11(18)19)7-15-12(20)16-4-1-9(2-5-16)17-6-3-14-8-17/h3,6,8-10H,1-2,4-5,7,13H2,(H,15,20)(H,18,19)/t10-/m0/s1. The van der Waals surface area contributed by atoms with E-state index in [0.29, 0.717) is 19.1 Å². The van der Waals surface area contributed by atoms with Gasteiger partial charge in [0, 0.05) is 38.1 Å². The zero-order valence-corrected chi connectivity index (χ0v) is 11.1. The molecule has 1 saturated heterocycles. The Hall–Kier alpha value is -2.09. The van der Waals surface area contributed by atoms with Crippen LogP contribution in [0.3, 0.4) is 0 Å². The summed E-state index contributed by atoms with van der Waals surface area (Å²) in [5.41, 5.74) is 5.34. The lowest BCUT2D eigenvalue weighted by Gasteiger charge is -2.32. The molecule has 1 aliphatic rings. The van der Waals surface area contributed by atoms with Gasteiger partial charge >= 0.3 is 12.0 Å². The predicted octanol–water partition coefficient (Wildman–Crippen LogP) is -0.358. The molecule has 1 aromatic rings. The number of hydrogen-bond acceptors (Lipinski definition) is 4. The van der Waals surface area contributed by atoms with Gasteiger partial charge in [-0.05, 0) is 12.8 Å². The molecule has 0 aliphatic carbocycles. The van der Waals surface area contributed by atoms with E-state index in [1.54, 1.807) is 17.4 Å². The van der Waals surface area contributed by atoms with Crippen molar-refractivity contribution >= 4 is 12.0 Å². The van der Waals surface area contributed by atoms with Gasteiger partial charge in [0.05, 0.1) is 6.33 Å². The normalized spacial score (nSPS) is 17.8. The third kappa shape index (κ3) is 3.47. The molecule has 2 rings (SSSR count). The average molecular weight is 281 g/mol. The number of urea groups is 1. The molecule has 1 aromatic heterocycles. The number of likely N-dealkylation sites (tertiary alicyclic amines) is 1. The number of rotatable bonds is 4. The minimum absolute atomic E-state index is 0.0599. The largest absolute Gasteiger partial charge is 0.480 e. The number of hydrogen-bond donors (Lipinski definition) is 3. The van der Waals surface area contributed by atoms with Crippen molar-refractivity contribution in [1.29, 1.82) is 0 Å². The molecule has 4 N–H and O–H groups in total. The van der Waals surface area contributed by atoms with Crippen molar-refractivity contribution in [2.24, 2.45) is 5.73 Å². The predicted molar refractivity (Wildman–Crippen MR) is 71.1 cm³/mol. The zero-order chi connectivity index (χ0) is 14.5. The monoisotopic (exact) mass is 281 g/mol. The van der Waals surface area contributed by atoms with Gasteiger partial charge in [-0.15, -0.1) is 0 Å². The van der Waals surface area contributed by atoms with Gasteiger partial charge in [0.2, 0.25) is 0 Å². The van der Waals surface area contributed by atoms with Crippen LogP contribution in [0, 0.1) is 0 Å². The molecule has 110 valence electrons. The second-order valence-electron chi connectivity index (χ2n) is 4.86. The van der Waals surface area contributed by atoms with E-state index in [-0.39, 0.29) is 12.6 Å². The third-order valence-electron chi connectivity index (χ3n) is 3.49. The number of piperidine rings is 1. The van der Waals surface area contributed by atoms with Gasteiger partial charge in [-0.25, -0.2) is 9.78 Å². The lowest BCUT2D eigenvalue weighted by atomic mass is 10.1. The molecule has 1 fully saturated rings. The maximum atomic E-state index is 11.9. The highest BCUT2D eigenvalue weighted by molar-refractivity contribution is 5.77. The molecule has 8 nitrogen and oxygen atoms in total. The Morgan fingerprint density at radius 1 is 1.45 bits per heavy atom. The van der Waals surface area contributed by atoms with Gasteiger partial charge in [0.25, 0.3) is 0 Å². The molecule has 1 atom stereocenters. The fraction of sp³-hybridized carbons (Fsp3) is 0.583. The molecule has 0 radical (unpaired) electrons. The van der Waals surface area contributed by atoms with Crippen LogP contribution in [0.15, 0.2) is 18.7 Å². The van der Waals surface area contributed by atoms with Crippen LogP contribution < -0.4 is 11.1 Å². The number of nitrogens with two attached hydrogens (primary N) is 1. The van der Waals surface area contributed by atoms with Crippen LogP contribution in [0.25, 0.3) is 0 Å². The van der Waals surface area contributed by atoms with Gasteiger partial charge in [-0.2, -0.15) is 0 Å². The highest BCUT2D eigenvalue weighted by Crippen LogP contribution is 2.21. The van der Waals surface area contributed by atoms with Crippen LogP contribution in [0.1, 0.15) is 18.9 Å². The third-order valence-corrected chi connectivity index (χ3v) is 3.49. The number of carbonyl (C=O) groups excluding carboxylic acids is 1. The summed E-state index contributed by atoms with van der Waals surface area (Å²) in [6.45, 7) is 1.21. The molecular weight excluding hydrogens is 262 g/mol. The Bertz CT molecular complexity index is 454. The highest BCUT2D eigenvalue weighted by atomic mass is 16.4. The molecule has 2 heterocycles. The zero-order valence-electron chi connectivity index (χ0n) is 11.1. The lowest BCUT2D eigenvalue weighted by Crippen LogP contribution is -2.49. The summed E-state index contributed by atoms with van der Waals surface area (Å²) in [7, 11) is 0. The number of carboxylic acids is 1. The number of nitrogens with zero attached hydrogens (tertiary/aromatic N) is 3. The second kappa shape index (κ2) is 6.38. The number of amides is 2. The number of carboxylic acid groups (broad SMARTS) is 1. The highest BCUT2D eigenvalue weighted by Gasteiger charge is 2.24. The molecule has 8 heteroatoms. The quantitative estimate of drug-likeness (QED) is 0.697. The summed E-state index contributed by atoms with van der Waals surface area (Å²) in [5, 5.41) is 11.2. The van der Waals surface area contributed by atoms with Crippen LogP contribution in [-0.4, -0.2) is 57.2 Å². The Labute approximate surface area is 116 Å². The minimum atomic E-state index is -1.12. The molecular formula is C12H19N5O3. The van der Waals surface area contributed by atoms with Crippen molar-refractivity contribution < 1.29 is 14.7 Å². The molecule has 0 unspecified atom stereocenters. The maximum Gasteiger partial charge on any atom is 0.322 e. The molecule has 0 saturated carbocycles. The number of nitrogens with one attached hydrogen (secondary N) is 1. The van der Waals surface area contributed by atoms with E-state index < -0.39 is 12.0 Å². The lowest BCUT2D eigenvalue weighted by molar-refractivity contribution is -0.138. The van der Waals surface area contributed by atoms with E-state index in [9.17, 15) is 9.59 Å². The number of aromatic nitrogens is 2. The molecule has 2 amide bonds. The van der Waals surface area contributed by atoms with Crippen molar-refractivity contribution in [2.45, 2.75) is 24.9 Å². The van der Waals surface area contributed by atoms with Crippen molar-refractivity contribution in [3.8, 4) is 0 Å². The Morgan fingerprint density at radius 3 is 2.70 bits per heavy atom. The first-order valence-corrected chi connectivity index (χ1v) is 6.56. The summed E-state index contributed by atoms with van der Waals surface area (Å²) in [5.74, 6) is -1.12. The molecule has 1 aliphatic heterocycles. The van der Waals surface area contributed by atoms with Crippen molar-refractivity contribution in [3.63, 3.8) is 0 Å². The smallest absolute Gasteiger partial charge is 0.322 e. The number of imidazole rings is 1. The van der Waals surface area contributed by atoms with Gasteiger partial charge in [0.15, 0.2) is 0 Å². The fourth-order valence-corrected chi connectivity index (χ4v) is 2.25. The molecule has 0 spiro atoms. The van der Waals surface area contributed by atoms with Gasteiger partial charge in [-0.3, -0.25) is 4.79 Å². The SMILES string of the molecule is N[C@@H](CNC(=O)N1CCC(n2ccnc2)CC1)C(=O)O. The van der Waals surface area contributed by atoms with Crippen molar-refractivity contribution in [3.05, 3.63) is 18.7 Å². The van der Waals surface area contributed by atoms with E-state index in [0.717, 1.165) is 12.8 Å². The van der Waals surface area contributed by atoms with E-state index in [2.05, 4.69) is 14.9 Å². The van der Waals surface area contributed by atoms with E-state index in [1.807, 2.05) is 6.20 Å². The van der Waals surface area contributed by atoms with Crippen LogP contribution in [0.2, 0.25) is 0 Å². The first-order chi connectivity index (χ1) is 9.58. The van der Waals surface area contributed by atoms with Crippen LogP contribution in [0.5, 0.6) is 0 Å². The fourth-order valence-electron chi connectivity index (χ4n) is 2.25.